The zero-order valence-electron chi connectivity index (χ0n) is 11.9. The van der Waals surface area contributed by atoms with Crippen molar-refractivity contribution in [3.63, 3.8) is 0 Å². The summed E-state index contributed by atoms with van der Waals surface area (Å²) in [5.41, 5.74) is 1.96. The minimum atomic E-state index is -0.321. The number of amides is 1. The molecule has 0 aromatic carbocycles. The highest BCUT2D eigenvalue weighted by molar-refractivity contribution is 5.94. The Morgan fingerprint density at radius 2 is 2.38 bits per heavy atom. The third-order valence-electron chi connectivity index (χ3n) is 3.75. The van der Waals surface area contributed by atoms with Crippen LogP contribution in [0.1, 0.15) is 35.0 Å². The van der Waals surface area contributed by atoms with Crippen LogP contribution in [0.25, 0.3) is 0 Å². The number of H-pyrrole nitrogens is 1. The predicted molar refractivity (Wildman–Crippen MR) is 78.2 cm³/mol. The summed E-state index contributed by atoms with van der Waals surface area (Å²) in [5.74, 6) is -0.321. The molecule has 1 aliphatic rings. The lowest BCUT2D eigenvalue weighted by molar-refractivity contribution is 0.0935. The first-order chi connectivity index (χ1) is 10.1. The van der Waals surface area contributed by atoms with Gasteiger partial charge in [-0.3, -0.25) is 9.59 Å². The number of fused-ring (bicyclic) bond motifs is 1. The van der Waals surface area contributed by atoms with Gasteiger partial charge in [-0.2, -0.15) is 0 Å². The summed E-state index contributed by atoms with van der Waals surface area (Å²) in [6.07, 6.45) is 8.09. The van der Waals surface area contributed by atoms with Crippen molar-refractivity contribution in [2.75, 3.05) is 0 Å². The van der Waals surface area contributed by atoms with Gasteiger partial charge in [0.05, 0.1) is 6.33 Å². The smallest absolute Gasteiger partial charge is 0.261 e. The predicted octanol–water partition coefficient (Wildman–Crippen LogP) is 0.879. The molecule has 2 N–H and O–H groups in total. The molecular formula is C15H18N4O2. The minimum absolute atomic E-state index is 0.0839. The summed E-state index contributed by atoms with van der Waals surface area (Å²) < 4.78 is 1.89. The van der Waals surface area contributed by atoms with Crippen LogP contribution < -0.4 is 10.9 Å². The zero-order chi connectivity index (χ0) is 14.8. The Kier molecular flexibility index (Phi) is 3.60. The van der Waals surface area contributed by atoms with Crippen LogP contribution in [0.15, 0.2) is 29.6 Å². The summed E-state index contributed by atoms with van der Waals surface area (Å²) in [7, 11) is 0. The Morgan fingerprint density at radius 3 is 3.14 bits per heavy atom. The number of hydrogen-bond acceptors (Lipinski definition) is 3. The van der Waals surface area contributed by atoms with E-state index in [1.54, 1.807) is 18.6 Å². The van der Waals surface area contributed by atoms with Crippen LogP contribution in [-0.4, -0.2) is 26.5 Å². The van der Waals surface area contributed by atoms with Crippen LogP contribution in [0.2, 0.25) is 0 Å². The number of pyridine rings is 1. The van der Waals surface area contributed by atoms with E-state index in [0.717, 1.165) is 30.5 Å². The molecule has 1 atom stereocenters. The van der Waals surface area contributed by atoms with Crippen molar-refractivity contribution in [2.24, 2.45) is 0 Å². The molecule has 0 fully saturated rings. The van der Waals surface area contributed by atoms with E-state index in [1.165, 1.54) is 0 Å². The summed E-state index contributed by atoms with van der Waals surface area (Å²) in [5, 5.41) is 2.86. The van der Waals surface area contributed by atoms with Crippen LogP contribution in [0.5, 0.6) is 0 Å². The number of aryl methyl sites for hydroxylation is 2. The Hall–Kier alpha value is -2.37. The molecule has 3 rings (SSSR count). The van der Waals surface area contributed by atoms with Gasteiger partial charge in [-0.1, -0.05) is 0 Å². The maximum absolute atomic E-state index is 12.2. The van der Waals surface area contributed by atoms with Crippen LogP contribution in [0, 0.1) is 0 Å². The zero-order valence-corrected chi connectivity index (χ0v) is 11.9. The molecule has 6 nitrogen and oxygen atoms in total. The van der Waals surface area contributed by atoms with Crippen LogP contribution >= 0.6 is 0 Å². The van der Waals surface area contributed by atoms with Crippen molar-refractivity contribution in [3.05, 3.63) is 52.0 Å². The second-order valence-electron chi connectivity index (χ2n) is 5.50. The van der Waals surface area contributed by atoms with Crippen LogP contribution in [0.4, 0.5) is 0 Å². The van der Waals surface area contributed by atoms with Crippen molar-refractivity contribution in [1.82, 2.24) is 19.9 Å². The quantitative estimate of drug-likeness (QED) is 0.875. The van der Waals surface area contributed by atoms with E-state index in [-0.39, 0.29) is 23.1 Å². The fraction of sp³-hybridized carbons (Fsp3) is 0.400. The molecule has 6 heteroatoms. The molecule has 21 heavy (non-hydrogen) atoms. The number of carbonyl (C=O) groups excluding carboxylic acids is 1. The first kappa shape index (κ1) is 13.6. The number of carbonyl (C=O) groups is 1. The first-order valence-corrected chi connectivity index (χ1v) is 7.15. The number of nitrogens with zero attached hydrogens (tertiary/aromatic N) is 2. The van der Waals surface area contributed by atoms with Gasteiger partial charge in [0, 0.05) is 30.7 Å². The van der Waals surface area contributed by atoms with Gasteiger partial charge in [-0.05, 0) is 37.8 Å². The van der Waals surface area contributed by atoms with Gasteiger partial charge in [0.2, 0.25) is 0 Å². The maximum Gasteiger partial charge on any atom is 0.261 e. The highest BCUT2D eigenvalue weighted by Crippen LogP contribution is 2.18. The largest absolute Gasteiger partial charge is 0.348 e. The lowest BCUT2D eigenvalue weighted by Crippen LogP contribution is -2.38. The number of nitrogens with one attached hydrogen (secondary N) is 2. The van der Waals surface area contributed by atoms with Gasteiger partial charge in [0.15, 0.2) is 0 Å². The Labute approximate surface area is 122 Å². The van der Waals surface area contributed by atoms with E-state index in [9.17, 15) is 9.59 Å². The molecule has 2 heterocycles. The molecule has 0 radical (unpaired) electrons. The Balaban J connectivity index is 1.72. The van der Waals surface area contributed by atoms with Gasteiger partial charge < -0.3 is 14.9 Å². The molecule has 0 bridgehead atoms. The van der Waals surface area contributed by atoms with E-state index in [2.05, 4.69) is 15.3 Å². The molecule has 2 aromatic rings. The number of aromatic amines is 1. The summed E-state index contributed by atoms with van der Waals surface area (Å²) in [6, 6.07) is 1.65. The van der Waals surface area contributed by atoms with Crippen molar-refractivity contribution < 1.29 is 4.79 Å². The Bertz CT molecular complexity index is 703. The third kappa shape index (κ3) is 2.89. The standard InChI is InChI=1S/C15H18N4O2/c1-10(8-19-6-5-16-9-19)17-14(20)12-7-11-3-2-4-13(11)18-15(12)21/h5-7,9-10H,2-4,8H2,1H3,(H,17,20)(H,18,21). The average Bonchev–Trinajstić information content (AvgIpc) is 3.08. The molecule has 110 valence electrons. The van der Waals surface area contributed by atoms with Crippen molar-refractivity contribution in [3.8, 4) is 0 Å². The summed E-state index contributed by atoms with van der Waals surface area (Å²) in [4.78, 5) is 31.0. The fourth-order valence-electron chi connectivity index (χ4n) is 2.74. The number of rotatable bonds is 4. The second-order valence-corrected chi connectivity index (χ2v) is 5.50. The first-order valence-electron chi connectivity index (χ1n) is 7.15. The molecule has 2 aromatic heterocycles. The van der Waals surface area contributed by atoms with E-state index >= 15 is 0 Å². The number of aromatic nitrogens is 3. The molecule has 0 saturated heterocycles. The lowest BCUT2D eigenvalue weighted by Gasteiger charge is -2.14. The van der Waals surface area contributed by atoms with Gasteiger partial charge in [0.1, 0.15) is 5.56 Å². The highest BCUT2D eigenvalue weighted by atomic mass is 16.2. The van der Waals surface area contributed by atoms with Gasteiger partial charge in [-0.25, -0.2) is 4.98 Å². The molecule has 1 unspecified atom stereocenters. The fourth-order valence-corrected chi connectivity index (χ4v) is 2.74. The van der Waals surface area contributed by atoms with E-state index < -0.39 is 0 Å². The monoisotopic (exact) mass is 286 g/mol. The Morgan fingerprint density at radius 1 is 1.52 bits per heavy atom. The van der Waals surface area contributed by atoms with E-state index in [1.807, 2.05) is 17.7 Å². The van der Waals surface area contributed by atoms with E-state index in [4.69, 9.17) is 0 Å². The molecule has 0 spiro atoms. The summed E-state index contributed by atoms with van der Waals surface area (Å²) in [6.45, 7) is 2.52. The molecule has 0 aliphatic heterocycles. The topological polar surface area (TPSA) is 79.8 Å². The second kappa shape index (κ2) is 5.55. The van der Waals surface area contributed by atoms with Gasteiger partial charge in [-0.15, -0.1) is 0 Å². The number of imidazole rings is 1. The SMILES string of the molecule is CC(Cn1ccnc1)NC(=O)c1cc2c([nH]c1=O)CCC2. The number of hydrogen-bond donors (Lipinski definition) is 2. The molecule has 1 amide bonds. The molecule has 0 saturated carbocycles. The average molecular weight is 286 g/mol. The highest BCUT2D eigenvalue weighted by Gasteiger charge is 2.19. The van der Waals surface area contributed by atoms with Crippen molar-refractivity contribution >= 4 is 5.91 Å². The van der Waals surface area contributed by atoms with E-state index in [0.29, 0.717) is 6.54 Å². The van der Waals surface area contributed by atoms with Crippen molar-refractivity contribution in [1.29, 1.82) is 0 Å². The minimum Gasteiger partial charge on any atom is -0.348 e. The van der Waals surface area contributed by atoms with Gasteiger partial charge >= 0.3 is 0 Å². The normalized spacial score (nSPS) is 14.7. The van der Waals surface area contributed by atoms with Gasteiger partial charge in [0.25, 0.3) is 11.5 Å². The maximum atomic E-state index is 12.2. The van der Waals surface area contributed by atoms with Crippen LogP contribution in [-0.2, 0) is 19.4 Å². The van der Waals surface area contributed by atoms with Crippen molar-refractivity contribution in [2.45, 2.75) is 38.8 Å². The lowest BCUT2D eigenvalue weighted by atomic mass is 10.1. The molecule has 1 aliphatic carbocycles. The third-order valence-corrected chi connectivity index (χ3v) is 3.75. The molecular weight excluding hydrogens is 268 g/mol. The van der Waals surface area contributed by atoms with Crippen LogP contribution in [0.3, 0.4) is 0 Å². The summed E-state index contributed by atoms with van der Waals surface area (Å²) >= 11 is 0.